The number of carbonyl (C=O) groups excluding carboxylic acids is 1. The lowest BCUT2D eigenvalue weighted by Crippen LogP contribution is -2.30. The fourth-order valence-electron chi connectivity index (χ4n) is 4.38. The van der Waals surface area contributed by atoms with E-state index in [0.717, 1.165) is 37.1 Å². The number of hydrogen-bond donors (Lipinski definition) is 3. The van der Waals surface area contributed by atoms with E-state index in [-0.39, 0.29) is 11.9 Å². The van der Waals surface area contributed by atoms with Crippen molar-refractivity contribution in [2.24, 2.45) is 0 Å². The van der Waals surface area contributed by atoms with Crippen LogP contribution in [0.4, 0.5) is 11.5 Å². The Bertz CT molecular complexity index is 1360. The average Bonchev–Trinajstić information content (AvgIpc) is 3.30. The molecule has 4 N–H and O–H groups in total. The zero-order valence-electron chi connectivity index (χ0n) is 19.6. The lowest BCUT2D eigenvalue weighted by molar-refractivity contribution is 0.102. The Kier molecular flexibility index (Phi) is 6.19. The summed E-state index contributed by atoms with van der Waals surface area (Å²) in [6, 6.07) is 12.6. The second-order valence-electron chi connectivity index (χ2n) is 8.33. The Hall–Kier alpha value is -4.18. The first-order valence-corrected chi connectivity index (χ1v) is 11.4. The predicted molar refractivity (Wildman–Crippen MR) is 134 cm³/mol. The maximum Gasteiger partial charge on any atom is 0.255 e. The minimum Gasteiger partial charge on any atom is -0.497 e. The van der Waals surface area contributed by atoms with Crippen molar-refractivity contribution in [2.45, 2.75) is 18.9 Å². The highest BCUT2D eigenvalue weighted by Crippen LogP contribution is 2.37. The first-order valence-electron chi connectivity index (χ1n) is 11.4. The van der Waals surface area contributed by atoms with Crippen LogP contribution in [-0.4, -0.2) is 53.0 Å². The smallest absolute Gasteiger partial charge is 0.255 e. The highest BCUT2D eigenvalue weighted by atomic mass is 16.5. The van der Waals surface area contributed by atoms with Crippen molar-refractivity contribution in [1.29, 1.82) is 0 Å². The molecule has 4 aromatic rings. The van der Waals surface area contributed by atoms with E-state index in [0.29, 0.717) is 39.6 Å². The molecule has 0 radical (unpaired) electrons. The van der Waals surface area contributed by atoms with Crippen LogP contribution in [0.1, 0.15) is 29.2 Å². The van der Waals surface area contributed by atoms with Crippen LogP contribution in [0, 0.1) is 0 Å². The first kappa shape index (κ1) is 22.6. The van der Waals surface area contributed by atoms with Crippen LogP contribution < -0.4 is 25.8 Å². The number of nitrogens with one attached hydrogen (secondary N) is 2. The molecular weight excluding hydrogens is 446 g/mol. The molecule has 1 fully saturated rings. The predicted octanol–water partition coefficient (Wildman–Crippen LogP) is 3.27. The Balaban J connectivity index is 1.50. The molecule has 0 aliphatic carbocycles. The molecule has 10 heteroatoms. The molecule has 35 heavy (non-hydrogen) atoms. The number of nitrogens with two attached hydrogens (primary N) is 1. The van der Waals surface area contributed by atoms with E-state index in [4.69, 9.17) is 20.3 Å². The third kappa shape index (κ3) is 4.35. The number of piperidine rings is 1. The molecule has 0 bridgehead atoms. The molecule has 0 unspecified atom stereocenters. The number of carbonyl (C=O) groups is 1. The lowest BCUT2D eigenvalue weighted by atomic mass is 10.1. The Labute approximate surface area is 202 Å². The molecule has 10 nitrogen and oxygen atoms in total. The maximum absolute atomic E-state index is 12.8. The van der Waals surface area contributed by atoms with E-state index in [1.54, 1.807) is 44.6 Å². The molecule has 2 aromatic heterocycles. The number of amides is 1. The van der Waals surface area contributed by atoms with Gasteiger partial charge in [-0.05, 0) is 62.3 Å². The third-order valence-electron chi connectivity index (χ3n) is 6.25. The van der Waals surface area contributed by atoms with Gasteiger partial charge in [-0.3, -0.25) is 4.79 Å². The number of nitrogens with zero attached hydrogens (tertiary/aromatic N) is 4. The topological polar surface area (TPSA) is 129 Å². The Morgan fingerprint density at radius 1 is 1.09 bits per heavy atom. The van der Waals surface area contributed by atoms with Crippen LogP contribution in [0.15, 0.2) is 48.8 Å². The van der Waals surface area contributed by atoms with E-state index < -0.39 is 0 Å². The molecule has 0 saturated carbocycles. The molecule has 2 aromatic carbocycles. The van der Waals surface area contributed by atoms with Crippen molar-refractivity contribution in [3.63, 3.8) is 0 Å². The fraction of sp³-hybridized carbons (Fsp3) is 0.280. The summed E-state index contributed by atoms with van der Waals surface area (Å²) < 4.78 is 12.7. The van der Waals surface area contributed by atoms with Crippen LogP contribution >= 0.6 is 0 Å². The molecule has 1 aliphatic rings. The molecule has 1 aliphatic heterocycles. The van der Waals surface area contributed by atoms with Gasteiger partial charge in [0.05, 0.1) is 31.3 Å². The van der Waals surface area contributed by atoms with Crippen molar-refractivity contribution in [2.75, 3.05) is 38.4 Å². The van der Waals surface area contributed by atoms with Crippen molar-refractivity contribution in [3.05, 3.63) is 54.4 Å². The number of aromatic nitrogens is 4. The molecule has 180 valence electrons. The van der Waals surface area contributed by atoms with E-state index in [2.05, 4.69) is 20.6 Å². The van der Waals surface area contributed by atoms with Crippen LogP contribution in [-0.2, 0) is 0 Å². The molecule has 0 spiro atoms. The Morgan fingerprint density at radius 3 is 2.57 bits per heavy atom. The summed E-state index contributed by atoms with van der Waals surface area (Å²) in [6.07, 6.45) is 3.39. The number of hydrogen-bond acceptors (Lipinski definition) is 8. The molecule has 1 amide bonds. The van der Waals surface area contributed by atoms with Gasteiger partial charge in [-0.2, -0.15) is 5.10 Å². The first-order chi connectivity index (χ1) is 17.1. The fourth-order valence-corrected chi connectivity index (χ4v) is 4.38. The number of benzene rings is 2. The van der Waals surface area contributed by atoms with E-state index in [9.17, 15) is 4.79 Å². The van der Waals surface area contributed by atoms with Gasteiger partial charge in [0.15, 0.2) is 5.65 Å². The van der Waals surface area contributed by atoms with Crippen molar-refractivity contribution < 1.29 is 14.3 Å². The highest BCUT2D eigenvalue weighted by Gasteiger charge is 2.24. The van der Waals surface area contributed by atoms with E-state index >= 15 is 0 Å². The van der Waals surface area contributed by atoms with Crippen molar-refractivity contribution in [1.82, 2.24) is 25.1 Å². The minimum absolute atomic E-state index is 0.228. The van der Waals surface area contributed by atoms with Crippen LogP contribution in [0.25, 0.3) is 22.3 Å². The number of ether oxygens (including phenoxy) is 2. The van der Waals surface area contributed by atoms with Gasteiger partial charge in [0, 0.05) is 11.1 Å². The van der Waals surface area contributed by atoms with Crippen molar-refractivity contribution >= 4 is 28.4 Å². The van der Waals surface area contributed by atoms with Crippen LogP contribution in [0.2, 0.25) is 0 Å². The van der Waals surface area contributed by atoms with Crippen LogP contribution in [0.5, 0.6) is 11.5 Å². The summed E-state index contributed by atoms with van der Waals surface area (Å²) in [5.74, 6) is 1.31. The monoisotopic (exact) mass is 473 g/mol. The molecule has 5 rings (SSSR count). The minimum atomic E-state index is -0.253. The van der Waals surface area contributed by atoms with Gasteiger partial charge < -0.3 is 25.8 Å². The summed E-state index contributed by atoms with van der Waals surface area (Å²) >= 11 is 0. The molecule has 1 saturated heterocycles. The number of rotatable bonds is 6. The molecule has 3 heterocycles. The largest absolute Gasteiger partial charge is 0.497 e. The zero-order valence-corrected chi connectivity index (χ0v) is 19.6. The highest BCUT2D eigenvalue weighted by molar-refractivity contribution is 6.05. The summed E-state index contributed by atoms with van der Waals surface area (Å²) in [6.45, 7) is 1.86. The van der Waals surface area contributed by atoms with Gasteiger partial charge in [-0.1, -0.05) is 6.07 Å². The second kappa shape index (κ2) is 9.59. The SMILES string of the molecule is COc1ccc(C(=O)Nc2ccc(-c3nn(C4CCNCC4)c4ncnc(N)c34)cc2OC)cc1. The average molecular weight is 474 g/mol. The van der Waals surface area contributed by atoms with Gasteiger partial charge in [-0.15, -0.1) is 0 Å². The van der Waals surface area contributed by atoms with Gasteiger partial charge >= 0.3 is 0 Å². The summed E-state index contributed by atoms with van der Waals surface area (Å²) in [7, 11) is 3.14. The van der Waals surface area contributed by atoms with Gasteiger partial charge in [0.25, 0.3) is 5.91 Å². The zero-order chi connectivity index (χ0) is 24.4. The normalized spacial score (nSPS) is 14.1. The van der Waals surface area contributed by atoms with Gasteiger partial charge in [0.1, 0.15) is 29.3 Å². The lowest BCUT2D eigenvalue weighted by Gasteiger charge is -2.23. The van der Waals surface area contributed by atoms with Crippen LogP contribution in [0.3, 0.4) is 0 Å². The maximum atomic E-state index is 12.8. The number of fused-ring (bicyclic) bond motifs is 1. The number of methoxy groups -OCH3 is 2. The summed E-state index contributed by atoms with van der Waals surface area (Å²) in [5.41, 5.74) is 9.52. The summed E-state index contributed by atoms with van der Waals surface area (Å²) in [4.78, 5) is 21.5. The molecular formula is C25H27N7O3. The second-order valence-corrected chi connectivity index (χ2v) is 8.33. The standard InChI is InChI=1S/C25H27N7O3/c1-34-18-6-3-15(4-7-18)25(33)30-19-8-5-16(13-20(19)35-2)22-21-23(26)28-14-29-24(21)32(31-22)17-9-11-27-12-10-17/h3-8,13-14,17,27H,9-12H2,1-2H3,(H,30,33)(H2,26,28,29). The quantitative estimate of drug-likeness (QED) is 0.389. The number of nitrogen functional groups attached to an aromatic ring is 1. The van der Waals surface area contributed by atoms with Crippen molar-refractivity contribution in [3.8, 4) is 22.8 Å². The Morgan fingerprint density at radius 2 is 1.86 bits per heavy atom. The van der Waals surface area contributed by atoms with E-state index in [1.807, 2.05) is 16.8 Å². The van der Waals surface area contributed by atoms with Gasteiger partial charge in [-0.25, -0.2) is 14.6 Å². The van der Waals surface area contributed by atoms with E-state index in [1.165, 1.54) is 6.33 Å². The molecule has 0 atom stereocenters. The van der Waals surface area contributed by atoms with Gasteiger partial charge in [0.2, 0.25) is 0 Å². The third-order valence-corrected chi connectivity index (χ3v) is 6.25. The summed E-state index contributed by atoms with van der Waals surface area (Å²) in [5, 5.41) is 11.9. The number of anilines is 2.